The van der Waals surface area contributed by atoms with Crippen molar-refractivity contribution in [3.63, 3.8) is 0 Å². The van der Waals surface area contributed by atoms with Crippen molar-refractivity contribution in [1.29, 1.82) is 0 Å². The van der Waals surface area contributed by atoms with Crippen molar-refractivity contribution in [2.75, 3.05) is 6.54 Å². The topological polar surface area (TPSA) is 206 Å². The number of amides is 3. The SMILES string of the molecule is CC(C)[C@H](NC(=O)OC(C)(C)C)C(=O)C[C@@H](CCCNC(N)=O)C(=O)Cc1ccc(COC(=O)Oc2ccc([N+](=O)[O-])cc2)cc1. The summed E-state index contributed by atoms with van der Waals surface area (Å²) in [4.78, 5) is 72.4. The molecule has 0 aliphatic heterocycles. The fourth-order valence-electron chi connectivity index (χ4n) is 4.36. The van der Waals surface area contributed by atoms with E-state index in [1.54, 1.807) is 58.9 Å². The van der Waals surface area contributed by atoms with Crippen molar-refractivity contribution in [2.24, 2.45) is 17.6 Å². The number of primary amides is 1. The fraction of sp³-hybridized carbons (Fsp3) is 0.469. The van der Waals surface area contributed by atoms with Gasteiger partial charge in [-0.3, -0.25) is 19.7 Å². The van der Waals surface area contributed by atoms with Crippen LogP contribution in [0, 0.1) is 22.0 Å². The molecule has 0 radical (unpaired) electrons. The number of benzene rings is 2. The van der Waals surface area contributed by atoms with Crippen LogP contribution in [-0.4, -0.2) is 53.0 Å². The van der Waals surface area contributed by atoms with Crippen LogP contribution in [0.5, 0.6) is 5.75 Å². The predicted octanol–water partition coefficient (Wildman–Crippen LogP) is 5.00. The highest BCUT2D eigenvalue weighted by atomic mass is 16.7. The molecule has 14 nitrogen and oxygen atoms in total. The van der Waals surface area contributed by atoms with Crippen LogP contribution >= 0.6 is 0 Å². The second kappa shape index (κ2) is 17.5. The average Bonchev–Trinajstić information content (AvgIpc) is 2.96. The van der Waals surface area contributed by atoms with Gasteiger partial charge < -0.3 is 30.6 Å². The van der Waals surface area contributed by atoms with Crippen LogP contribution in [0.25, 0.3) is 0 Å². The van der Waals surface area contributed by atoms with Gasteiger partial charge in [0, 0.05) is 37.4 Å². The number of non-ortho nitro benzene ring substituents is 1. The molecule has 0 bridgehead atoms. The number of hydrogen-bond acceptors (Lipinski definition) is 10. The van der Waals surface area contributed by atoms with E-state index in [1.165, 1.54) is 24.3 Å². The third-order valence-corrected chi connectivity index (χ3v) is 6.62. The first-order valence-corrected chi connectivity index (χ1v) is 14.8. The first kappa shape index (κ1) is 37.2. The molecule has 2 aromatic rings. The van der Waals surface area contributed by atoms with Crippen molar-refractivity contribution in [1.82, 2.24) is 10.6 Å². The lowest BCUT2D eigenvalue weighted by Gasteiger charge is -2.26. The number of carbonyl (C=O) groups is 5. The molecule has 0 spiro atoms. The van der Waals surface area contributed by atoms with E-state index in [1.807, 2.05) is 0 Å². The highest BCUT2D eigenvalue weighted by Crippen LogP contribution is 2.21. The van der Waals surface area contributed by atoms with Crippen LogP contribution in [0.15, 0.2) is 48.5 Å². The van der Waals surface area contributed by atoms with E-state index in [2.05, 4.69) is 10.6 Å². The molecule has 14 heteroatoms. The van der Waals surface area contributed by atoms with Crippen molar-refractivity contribution in [3.8, 4) is 5.75 Å². The summed E-state index contributed by atoms with van der Waals surface area (Å²) in [5, 5.41) is 15.9. The minimum Gasteiger partial charge on any atom is -0.444 e. The average molecular weight is 643 g/mol. The molecule has 0 heterocycles. The predicted molar refractivity (Wildman–Crippen MR) is 167 cm³/mol. The summed E-state index contributed by atoms with van der Waals surface area (Å²) in [5.74, 6) is -1.35. The van der Waals surface area contributed by atoms with Gasteiger partial charge in [0.1, 0.15) is 23.7 Å². The highest BCUT2D eigenvalue weighted by Gasteiger charge is 2.30. The highest BCUT2D eigenvalue weighted by molar-refractivity contribution is 5.93. The molecule has 250 valence electrons. The third kappa shape index (κ3) is 13.7. The van der Waals surface area contributed by atoms with Gasteiger partial charge in [-0.25, -0.2) is 14.4 Å². The fourth-order valence-corrected chi connectivity index (χ4v) is 4.36. The number of ether oxygens (including phenoxy) is 3. The van der Waals surface area contributed by atoms with E-state index in [9.17, 15) is 34.1 Å². The van der Waals surface area contributed by atoms with Crippen LogP contribution in [0.4, 0.5) is 20.1 Å². The summed E-state index contributed by atoms with van der Waals surface area (Å²) >= 11 is 0. The number of rotatable bonds is 16. The van der Waals surface area contributed by atoms with Crippen molar-refractivity contribution in [2.45, 2.75) is 78.6 Å². The number of carbonyl (C=O) groups excluding carboxylic acids is 5. The van der Waals surface area contributed by atoms with Gasteiger partial charge in [0.2, 0.25) is 0 Å². The van der Waals surface area contributed by atoms with Crippen molar-refractivity contribution >= 4 is 35.5 Å². The molecule has 0 unspecified atom stereocenters. The summed E-state index contributed by atoms with van der Waals surface area (Å²) < 4.78 is 15.4. The first-order valence-electron chi connectivity index (χ1n) is 14.8. The molecular formula is C32H42N4O10. The number of nitrogens with two attached hydrogens (primary N) is 1. The summed E-state index contributed by atoms with van der Waals surface area (Å²) in [6, 6.07) is 10.2. The Morgan fingerprint density at radius 3 is 2.09 bits per heavy atom. The van der Waals surface area contributed by atoms with Gasteiger partial charge in [-0.05, 0) is 62.8 Å². The van der Waals surface area contributed by atoms with Crippen LogP contribution in [0.3, 0.4) is 0 Å². The van der Waals surface area contributed by atoms with E-state index in [-0.39, 0.29) is 54.9 Å². The summed E-state index contributed by atoms with van der Waals surface area (Å²) in [7, 11) is 0. The number of hydrogen-bond donors (Lipinski definition) is 3. The van der Waals surface area contributed by atoms with Crippen molar-refractivity contribution < 1.29 is 43.1 Å². The van der Waals surface area contributed by atoms with Crippen LogP contribution in [0.1, 0.15) is 65.0 Å². The second-order valence-electron chi connectivity index (χ2n) is 12.0. The number of urea groups is 1. The zero-order chi connectivity index (χ0) is 34.4. The lowest BCUT2D eigenvalue weighted by molar-refractivity contribution is -0.384. The first-order chi connectivity index (χ1) is 21.5. The normalized spacial score (nSPS) is 12.4. The van der Waals surface area contributed by atoms with Crippen LogP contribution < -0.4 is 21.1 Å². The molecule has 0 saturated heterocycles. The van der Waals surface area contributed by atoms with E-state index in [4.69, 9.17) is 19.9 Å². The maximum Gasteiger partial charge on any atom is 0.514 e. The Kier molecular flexibility index (Phi) is 14.1. The van der Waals surface area contributed by atoms with Crippen LogP contribution in [0.2, 0.25) is 0 Å². The van der Waals surface area contributed by atoms with E-state index in [0.29, 0.717) is 24.0 Å². The Hall–Kier alpha value is -5.01. The summed E-state index contributed by atoms with van der Waals surface area (Å²) in [6.07, 6.45) is -1.09. The molecule has 2 rings (SSSR count). The van der Waals surface area contributed by atoms with E-state index < -0.39 is 40.8 Å². The number of alkyl carbamates (subject to hydrolysis) is 1. The quantitative estimate of drug-likeness (QED) is 0.0734. The smallest absolute Gasteiger partial charge is 0.444 e. The summed E-state index contributed by atoms with van der Waals surface area (Å²) in [6.45, 7) is 8.83. The van der Waals surface area contributed by atoms with Gasteiger partial charge >= 0.3 is 18.3 Å². The zero-order valence-corrected chi connectivity index (χ0v) is 26.7. The number of nitrogens with one attached hydrogen (secondary N) is 2. The van der Waals surface area contributed by atoms with E-state index >= 15 is 0 Å². The summed E-state index contributed by atoms with van der Waals surface area (Å²) in [5.41, 5.74) is 5.53. The Bertz CT molecular complexity index is 1370. The number of nitro groups is 1. The minimum atomic E-state index is -0.993. The largest absolute Gasteiger partial charge is 0.514 e. The Balaban J connectivity index is 2.01. The molecule has 2 aromatic carbocycles. The maximum absolute atomic E-state index is 13.4. The Labute approximate surface area is 267 Å². The number of nitro benzene ring substituents is 1. The zero-order valence-electron chi connectivity index (χ0n) is 26.7. The number of ketones is 2. The molecule has 0 aliphatic carbocycles. The number of Topliss-reactive ketones (excluding diaryl/α,β-unsaturated/α-hetero) is 2. The molecule has 0 aromatic heterocycles. The Morgan fingerprint density at radius 1 is 0.935 bits per heavy atom. The Morgan fingerprint density at radius 2 is 1.54 bits per heavy atom. The molecule has 0 aliphatic rings. The van der Waals surface area contributed by atoms with Crippen LogP contribution in [-0.2, 0) is 32.1 Å². The molecular weight excluding hydrogens is 600 g/mol. The van der Waals surface area contributed by atoms with Gasteiger partial charge in [-0.15, -0.1) is 0 Å². The van der Waals surface area contributed by atoms with Gasteiger partial charge in [0.05, 0.1) is 11.0 Å². The lowest BCUT2D eigenvalue weighted by Crippen LogP contribution is -2.47. The molecule has 3 amide bonds. The third-order valence-electron chi connectivity index (χ3n) is 6.62. The molecule has 46 heavy (non-hydrogen) atoms. The number of nitrogens with zero attached hydrogens (tertiary/aromatic N) is 1. The maximum atomic E-state index is 13.4. The molecule has 4 N–H and O–H groups in total. The molecule has 0 fully saturated rings. The van der Waals surface area contributed by atoms with Gasteiger partial charge in [0.15, 0.2) is 5.78 Å². The molecule has 0 saturated carbocycles. The van der Waals surface area contributed by atoms with Crippen molar-refractivity contribution in [3.05, 3.63) is 69.8 Å². The monoisotopic (exact) mass is 642 g/mol. The van der Waals surface area contributed by atoms with Gasteiger partial charge in [-0.2, -0.15) is 0 Å². The van der Waals surface area contributed by atoms with E-state index in [0.717, 1.165) is 0 Å². The standard InChI is InChI=1S/C32H42N4O10/c1-20(2)28(35-30(40)46-32(3,4)5)27(38)18-23(7-6-16-34-29(33)39)26(37)17-21-8-10-22(11-9-21)19-44-31(41)45-25-14-12-24(13-15-25)36(42)43/h8-15,20,23,28H,6-7,16-19H2,1-5H3,(H,35,40)(H3,33,34,39)/t23-,28+/m1/s1. The molecule has 2 atom stereocenters. The second-order valence-corrected chi connectivity index (χ2v) is 12.0. The minimum absolute atomic E-state index is 0.0242. The lowest BCUT2D eigenvalue weighted by atomic mass is 9.85. The van der Waals surface area contributed by atoms with Gasteiger partial charge in [0.25, 0.3) is 5.69 Å². The van der Waals surface area contributed by atoms with Gasteiger partial charge in [-0.1, -0.05) is 38.1 Å².